The number of H-pyrrole nitrogens is 1. The van der Waals surface area contributed by atoms with E-state index in [1.54, 1.807) is 13.2 Å². The SMILES string of the molecule is COCCNC(=O)COc1ccc[nH]c1=O. The van der Waals surface area contributed by atoms with Gasteiger partial charge in [0.1, 0.15) is 0 Å². The smallest absolute Gasteiger partial charge is 0.290 e. The molecule has 0 aromatic carbocycles. The van der Waals surface area contributed by atoms with Gasteiger partial charge in [-0.1, -0.05) is 0 Å². The number of methoxy groups -OCH3 is 1. The van der Waals surface area contributed by atoms with Crippen molar-refractivity contribution in [2.24, 2.45) is 0 Å². The van der Waals surface area contributed by atoms with E-state index in [2.05, 4.69) is 10.3 Å². The number of aromatic nitrogens is 1. The molecule has 0 saturated heterocycles. The molecule has 0 aliphatic rings. The van der Waals surface area contributed by atoms with E-state index >= 15 is 0 Å². The molecule has 1 aromatic heterocycles. The van der Waals surface area contributed by atoms with Crippen LogP contribution in [0.1, 0.15) is 0 Å². The average molecular weight is 226 g/mol. The zero-order chi connectivity index (χ0) is 11.8. The average Bonchev–Trinajstić information content (AvgIpc) is 2.28. The lowest BCUT2D eigenvalue weighted by atomic mass is 10.4. The summed E-state index contributed by atoms with van der Waals surface area (Å²) in [5.74, 6) is -0.162. The van der Waals surface area contributed by atoms with Crippen molar-refractivity contribution in [3.8, 4) is 5.75 Å². The number of amides is 1. The van der Waals surface area contributed by atoms with Crippen LogP contribution in [0.2, 0.25) is 0 Å². The number of nitrogens with one attached hydrogen (secondary N) is 2. The van der Waals surface area contributed by atoms with Gasteiger partial charge in [-0.3, -0.25) is 9.59 Å². The zero-order valence-electron chi connectivity index (χ0n) is 8.99. The lowest BCUT2D eigenvalue weighted by molar-refractivity contribution is -0.123. The molecule has 0 fully saturated rings. The molecule has 2 N–H and O–H groups in total. The highest BCUT2D eigenvalue weighted by molar-refractivity contribution is 5.77. The molecule has 1 amide bonds. The lowest BCUT2D eigenvalue weighted by Crippen LogP contribution is -2.32. The van der Waals surface area contributed by atoms with Crippen molar-refractivity contribution in [1.82, 2.24) is 10.3 Å². The van der Waals surface area contributed by atoms with Crippen LogP contribution < -0.4 is 15.6 Å². The van der Waals surface area contributed by atoms with E-state index in [1.165, 1.54) is 12.3 Å². The molecule has 0 aliphatic heterocycles. The second kappa shape index (κ2) is 6.62. The first-order valence-corrected chi connectivity index (χ1v) is 4.80. The molecule has 1 heterocycles. The van der Waals surface area contributed by atoms with Gasteiger partial charge in [0.2, 0.25) is 0 Å². The van der Waals surface area contributed by atoms with Crippen LogP contribution >= 0.6 is 0 Å². The van der Waals surface area contributed by atoms with Crippen LogP contribution in [0.15, 0.2) is 23.1 Å². The number of carbonyl (C=O) groups is 1. The molecular weight excluding hydrogens is 212 g/mol. The van der Waals surface area contributed by atoms with Crippen molar-refractivity contribution in [3.05, 3.63) is 28.7 Å². The summed E-state index contributed by atoms with van der Waals surface area (Å²) >= 11 is 0. The van der Waals surface area contributed by atoms with Crippen LogP contribution in [0, 0.1) is 0 Å². The fourth-order valence-electron chi connectivity index (χ4n) is 1.01. The molecule has 0 atom stereocenters. The molecular formula is C10H14N2O4. The summed E-state index contributed by atoms with van der Waals surface area (Å²) in [6.45, 7) is 0.679. The number of pyridine rings is 1. The van der Waals surface area contributed by atoms with Gasteiger partial charge in [-0.25, -0.2) is 0 Å². The Morgan fingerprint density at radius 3 is 3.06 bits per heavy atom. The molecule has 0 unspecified atom stereocenters. The summed E-state index contributed by atoms with van der Waals surface area (Å²) in [6, 6.07) is 3.13. The van der Waals surface area contributed by atoms with Crippen LogP contribution in [-0.4, -0.2) is 37.8 Å². The Kier molecular flexibility index (Phi) is 5.07. The van der Waals surface area contributed by atoms with Gasteiger partial charge in [0, 0.05) is 19.9 Å². The third-order valence-electron chi connectivity index (χ3n) is 1.77. The fourth-order valence-corrected chi connectivity index (χ4v) is 1.01. The second-order valence-electron chi connectivity index (χ2n) is 2.99. The summed E-state index contributed by atoms with van der Waals surface area (Å²) in [4.78, 5) is 24.8. The Bertz CT molecular complexity index is 388. The Hall–Kier alpha value is -1.82. The standard InChI is InChI=1S/C10H14N2O4/c1-15-6-5-11-9(13)7-16-8-3-2-4-12-10(8)14/h2-4H,5-7H2,1H3,(H,11,13)(H,12,14). The highest BCUT2D eigenvalue weighted by atomic mass is 16.5. The van der Waals surface area contributed by atoms with Gasteiger partial charge in [-0.05, 0) is 12.1 Å². The van der Waals surface area contributed by atoms with E-state index in [1.807, 2.05) is 0 Å². The summed E-state index contributed by atoms with van der Waals surface area (Å²) in [5, 5.41) is 2.57. The van der Waals surface area contributed by atoms with E-state index in [9.17, 15) is 9.59 Å². The third-order valence-corrected chi connectivity index (χ3v) is 1.77. The molecule has 6 heteroatoms. The quantitative estimate of drug-likeness (QED) is 0.642. The number of carbonyl (C=O) groups excluding carboxylic acids is 1. The number of ether oxygens (including phenoxy) is 2. The molecule has 0 aliphatic carbocycles. The van der Waals surface area contributed by atoms with E-state index in [0.717, 1.165) is 0 Å². The van der Waals surface area contributed by atoms with Crippen LogP contribution in [0.4, 0.5) is 0 Å². The van der Waals surface area contributed by atoms with Gasteiger partial charge >= 0.3 is 0 Å². The molecule has 0 bridgehead atoms. The predicted octanol–water partition coefficient (Wildman–Crippen LogP) is -0.484. The molecule has 16 heavy (non-hydrogen) atoms. The second-order valence-corrected chi connectivity index (χ2v) is 2.99. The predicted molar refractivity (Wildman–Crippen MR) is 57.4 cm³/mol. The fraction of sp³-hybridized carbons (Fsp3) is 0.400. The van der Waals surface area contributed by atoms with E-state index in [0.29, 0.717) is 13.2 Å². The third kappa shape index (κ3) is 4.14. The monoisotopic (exact) mass is 226 g/mol. The van der Waals surface area contributed by atoms with Crippen molar-refractivity contribution >= 4 is 5.91 Å². The minimum absolute atomic E-state index is 0.129. The maximum absolute atomic E-state index is 11.2. The summed E-state index contributed by atoms with van der Waals surface area (Å²) < 4.78 is 9.80. The van der Waals surface area contributed by atoms with Gasteiger partial charge in [-0.2, -0.15) is 0 Å². The lowest BCUT2D eigenvalue weighted by Gasteiger charge is -2.05. The highest BCUT2D eigenvalue weighted by Gasteiger charge is 2.03. The summed E-state index contributed by atoms with van der Waals surface area (Å²) in [5.41, 5.74) is -0.354. The Balaban J connectivity index is 2.32. The summed E-state index contributed by atoms with van der Waals surface area (Å²) in [6.07, 6.45) is 1.49. The van der Waals surface area contributed by atoms with Gasteiger partial charge in [0.15, 0.2) is 12.4 Å². The largest absolute Gasteiger partial charge is 0.478 e. The molecule has 0 radical (unpaired) electrons. The van der Waals surface area contributed by atoms with E-state index in [-0.39, 0.29) is 23.8 Å². The van der Waals surface area contributed by atoms with Crippen LogP contribution in [0.5, 0.6) is 5.75 Å². The van der Waals surface area contributed by atoms with Gasteiger partial charge in [0.05, 0.1) is 6.61 Å². The first kappa shape index (κ1) is 12.3. The molecule has 0 spiro atoms. The molecule has 1 aromatic rings. The van der Waals surface area contributed by atoms with Crippen LogP contribution in [0.3, 0.4) is 0 Å². The zero-order valence-corrected chi connectivity index (χ0v) is 8.99. The number of rotatable bonds is 6. The number of hydrogen-bond donors (Lipinski definition) is 2. The molecule has 1 rings (SSSR count). The van der Waals surface area contributed by atoms with E-state index < -0.39 is 0 Å². The molecule has 88 valence electrons. The Labute approximate surface area is 92.6 Å². The minimum Gasteiger partial charge on any atom is -0.478 e. The van der Waals surface area contributed by atoms with Gasteiger partial charge in [0.25, 0.3) is 11.5 Å². The van der Waals surface area contributed by atoms with Crippen molar-refractivity contribution in [3.63, 3.8) is 0 Å². The normalized spacial score (nSPS) is 9.81. The van der Waals surface area contributed by atoms with Crippen molar-refractivity contribution in [2.75, 3.05) is 26.9 Å². The maximum Gasteiger partial charge on any atom is 0.290 e. The molecule has 6 nitrogen and oxygen atoms in total. The Morgan fingerprint density at radius 1 is 1.56 bits per heavy atom. The van der Waals surface area contributed by atoms with Crippen molar-refractivity contribution in [1.29, 1.82) is 0 Å². The van der Waals surface area contributed by atoms with Crippen molar-refractivity contribution < 1.29 is 14.3 Å². The maximum atomic E-state index is 11.2. The van der Waals surface area contributed by atoms with Gasteiger partial charge in [-0.15, -0.1) is 0 Å². The highest BCUT2D eigenvalue weighted by Crippen LogP contribution is 1.98. The van der Waals surface area contributed by atoms with Gasteiger partial charge < -0.3 is 19.8 Å². The molecule has 0 saturated carbocycles. The van der Waals surface area contributed by atoms with Crippen LogP contribution in [-0.2, 0) is 9.53 Å². The number of aromatic amines is 1. The Morgan fingerprint density at radius 2 is 2.38 bits per heavy atom. The summed E-state index contributed by atoms with van der Waals surface area (Å²) in [7, 11) is 1.55. The topological polar surface area (TPSA) is 80.4 Å². The van der Waals surface area contributed by atoms with E-state index in [4.69, 9.17) is 9.47 Å². The first-order chi connectivity index (χ1) is 7.74. The van der Waals surface area contributed by atoms with Crippen LogP contribution in [0.25, 0.3) is 0 Å². The first-order valence-electron chi connectivity index (χ1n) is 4.80. The minimum atomic E-state index is -0.354. The van der Waals surface area contributed by atoms with Crippen molar-refractivity contribution in [2.45, 2.75) is 0 Å². The number of hydrogen-bond acceptors (Lipinski definition) is 4.